The van der Waals surface area contributed by atoms with Crippen LogP contribution in [0, 0.1) is 0 Å². The standard InChI is InChI=1S/C21H23NO4/c1-2-11-22-13-16(23)14-25-19-10-6-9-17-18(24)12-20(26-21(17)19)15-7-4-3-5-8-15/h3-10,12,16,22-23H,2,11,13-14H2,1H3. The third-order valence-corrected chi connectivity index (χ3v) is 4.01. The summed E-state index contributed by atoms with van der Waals surface area (Å²) in [6, 6.07) is 16.2. The average molecular weight is 353 g/mol. The maximum absolute atomic E-state index is 12.5. The van der Waals surface area contributed by atoms with Gasteiger partial charge in [-0.15, -0.1) is 0 Å². The Morgan fingerprint density at radius 2 is 1.96 bits per heavy atom. The average Bonchev–Trinajstić information content (AvgIpc) is 2.67. The number of rotatable bonds is 8. The molecule has 0 amide bonds. The van der Waals surface area contributed by atoms with Crippen LogP contribution in [0.4, 0.5) is 0 Å². The molecular formula is C21H23NO4. The van der Waals surface area contributed by atoms with Gasteiger partial charge in [-0.2, -0.15) is 0 Å². The lowest BCUT2D eigenvalue weighted by molar-refractivity contribution is 0.107. The summed E-state index contributed by atoms with van der Waals surface area (Å²) >= 11 is 0. The first-order valence-corrected chi connectivity index (χ1v) is 8.83. The van der Waals surface area contributed by atoms with Crippen LogP contribution in [0.2, 0.25) is 0 Å². The smallest absolute Gasteiger partial charge is 0.193 e. The van der Waals surface area contributed by atoms with E-state index in [0.29, 0.717) is 29.0 Å². The summed E-state index contributed by atoms with van der Waals surface area (Å²) in [4.78, 5) is 12.5. The molecule has 1 aromatic heterocycles. The SMILES string of the molecule is CCCNCC(O)COc1cccc2c(=O)cc(-c3ccccc3)oc12. The zero-order valence-corrected chi connectivity index (χ0v) is 14.8. The highest BCUT2D eigenvalue weighted by Gasteiger charge is 2.13. The molecule has 3 aromatic rings. The molecule has 1 unspecified atom stereocenters. The van der Waals surface area contributed by atoms with Gasteiger partial charge in [-0.05, 0) is 25.1 Å². The predicted octanol–water partition coefficient (Wildman–Crippen LogP) is 3.20. The van der Waals surface area contributed by atoms with Gasteiger partial charge in [0.25, 0.3) is 0 Å². The first-order valence-electron chi connectivity index (χ1n) is 8.83. The molecule has 3 rings (SSSR count). The van der Waals surface area contributed by atoms with Crippen LogP contribution in [0.15, 0.2) is 63.8 Å². The highest BCUT2D eigenvalue weighted by molar-refractivity contribution is 5.84. The van der Waals surface area contributed by atoms with E-state index in [1.54, 1.807) is 18.2 Å². The van der Waals surface area contributed by atoms with E-state index in [9.17, 15) is 9.90 Å². The molecule has 0 bridgehead atoms. The summed E-state index contributed by atoms with van der Waals surface area (Å²) in [7, 11) is 0. The zero-order valence-electron chi connectivity index (χ0n) is 14.8. The number of aliphatic hydroxyl groups is 1. The largest absolute Gasteiger partial charge is 0.487 e. The van der Waals surface area contributed by atoms with Crippen molar-refractivity contribution < 1.29 is 14.3 Å². The number of aliphatic hydroxyl groups excluding tert-OH is 1. The quantitative estimate of drug-likeness (QED) is 0.609. The van der Waals surface area contributed by atoms with E-state index >= 15 is 0 Å². The molecule has 2 N–H and O–H groups in total. The Balaban J connectivity index is 1.86. The van der Waals surface area contributed by atoms with Gasteiger partial charge < -0.3 is 19.6 Å². The van der Waals surface area contributed by atoms with Gasteiger partial charge in [-0.1, -0.05) is 43.3 Å². The third-order valence-electron chi connectivity index (χ3n) is 4.01. The fourth-order valence-electron chi connectivity index (χ4n) is 2.70. The summed E-state index contributed by atoms with van der Waals surface area (Å²) < 4.78 is 11.7. The van der Waals surface area contributed by atoms with E-state index < -0.39 is 6.10 Å². The van der Waals surface area contributed by atoms with Crippen molar-refractivity contribution in [2.75, 3.05) is 19.7 Å². The van der Waals surface area contributed by atoms with Crippen LogP contribution >= 0.6 is 0 Å². The molecular weight excluding hydrogens is 330 g/mol. The first kappa shape index (κ1) is 18.2. The van der Waals surface area contributed by atoms with Gasteiger partial charge in [0.2, 0.25) is 0 Å². The molecule has 0 radical (unpaired) electrons. The molecule has 0 aliphatic heterocycles. The van der Waals surface area contributed by atoms with Crippen LogP contribution in [0.25, 0.3) is 22.3 Å². The minimum Gasteiger partial charge on any atom is -0.487 e. The van der Waals surface area contributed by atoms with Gasteiger partial charge in [-0.3, -0.25) is 4.79 Å². The van der Waals surface area contributed by atoms with E-state index in [-0.39, 0.29) is 12.0 Å². The van der Waals surface area contributed by atoms with Crippen LogP contribution in [0.3, 0.4) is 0 Å². The number of ether oxygens (including phenoxy) is 1. The second kappa shape index (κ2) is 8.65. The summed E-state index contributed by atoms with van der Waals surface area (Å²) in [5.74, 6) is 0.941. The molecule has 0 saturated heterocycles. The number of hydrogen-bond donors (Lipinski definition) is 2. The van der Waals surface area contributed by atoms with E-state index in [1.807, 2.05) is 30.3 Å². The lowest BCUT2D eigenvalue weighted by atomic mass is 10.1. The van der Waals surface area contributed by atoms with Gasteiger partial charge in [0, 0.05) is 18.2 Å². The predicted molar refractivity (Wildman–Crippen MR) is 103 cm³/mol. The van der Waals surface area contributed by atoms with Crippen LogP contribution < -0.4 is 15.5 Å². The number of fused-ring (bicyclic) bond motifs is 1. The maximum Gasteiger partial charge on any atom is 0.193 e. The molecule has 1 atom stereocenters. The van der Waals surface area contributed by atoms with Crippen molar-refractivity contribution in [2.24, 2.45) is 0 Å². The highest BCUT2D eigenvalue weighted by Crippen LogP contribution is 2.28. The van der Waals surface area contributed by atoms with Crippen molar-refractivity contribution in [1.29, 1.82) is 0 Å². The van der Waals surface area contributed by atoms with Gasteiger partial charge in [0.1, 0.15) is 18.5 Å². The Kier molecular flexibility index (Phi) is 6.04. The topological polar surface area (TPSA) is 71.7 Å². The minimum atomic E-state index is -0.638. The molecule has 0 fully saturated rings. The Morgan fingerprint density at radius 1 is 1.15 bits per heavy atom. The Bertz CT molecular complexity index is 905. The summed E-state index contributed by atoms with van der Waals surface area (Å²) in [6.07, 6.45) is 0.366. The van der Waals surface area contributed by atoms with Crippen LogP contribution in [-0.4, -0.2) is 30.9 Å². The molecule has 2 aromatic carbocycles. The van der Waals surface area contributed by atoms with E-state index in [1.165, 1.54) is 6.07 Å². The van der Waals surface area contributed by atoms with Crippen LogP contribution in [0.1, 0.15) is 13.3 Å². The number of benzene rings is 2. The number of nitrogens with one attached hydrogen (secondary N) is 1. The van der Waals surface area contributed by atoms with Crippen LogP contribution in [-0.2, 0) is 0 Å². The zero-order chi connectivity index (χ0) is 18.4. The lowest BCUT2D eigenvalue weighted by Gasteiger charge is -2.14. The van der Waals surface area contributed by atoms with Gasteiger partial charge in [-0.25, -0.2) is 0 Å². The summed E-state index contributed by atoms with van der Waals surface area (Å²) in [5, 5.41) is 13.6. The lowest BCUT2D eigenvalue weighted by Crippen LogP contribution is -2.31. The monoisotopic (exact) mass is 353 g/mol. The van der Waals surface area contributed by atoms with Crippen molar-refractivity contribution >= 4 is 11.0 Å². The highest BCUT2D eigenvalue weighted by atomic mass is 16.5. The van der Waals surface area contributed by atoms with E-state index in [2.05, 4.69) is 12.2 Å². The van der Waals surface area contributed by atoms with Crippen molar-refractivity contribution in [3.63, 3.8) is 0 Å². The summed E-state index contributed by atoms with van der Waals surface area (Å²) in [6.45, 7) is 3.49. The third kappa shape index (κ3) is 4.31. The molecule has 0 saturated carbocycles. The molecule has 0 aliphatic rings. The number of para-hydroxylation sites is 1. The van der Waals surface area contributed by atoms with Gasteiger partial charge >= 0.3 is 0 Å². The molecule has 5 nitrogen and oxygen atoms in total. The molecule has 1 heterocycles. The summed E-state index contributed by atoms with van der Waals surface area (Å²) in [5.41, 5.74) is 1.10. The van der Waals surface area contributed by atoms with E-state index in [4.69, 9.17) is 9.15 Å². The number of hydrogen-bond acceptors (Lipinski definition) is 5. The van der Waals surface area contributed by atoms with Gasteiger partial charge in [0.15, 0.2) is 16.8 Å². The molecule has 0 aliphatic carbocycles. The maximum atomic E-state index is 12.5. The molecule has 5 heteroatoms. The van der Waals surface area contributed by atoms with Crippen molar-refractivity contribution in [3.8, 4) is 17.1 Å². The molecule has 26 heavy (non-hydrogen) atoms. The van der Waals surface area contributed by atoms with Crippen molar-refractivity contribution in [2.45, 2.75) is 19.4 Å². The normalized spacial score (nSPS) is 12.2. The van der Waals surface area contributed by atoms with E-state index in [0.717, 1.165) is 18.5 Å². The molecule has 0 spiro atoms. The second-order valence-electron chi connectivity index (χ2n) is 6.14. The molecule has 136 valence electrons. The van der Waals surface area contributed by atoms with Crippen molar-refractivity contribution in [3.05, 3.63) is 64.8 Å². The fraction of sp³-hybridized carbons (Fsp3) is 0.286. The Hall–Kier alpha value is -2.63. The van der Waals surface area contributed by atoms with Gasteiger partial charge in [0.05, 0.1) is 5.39 Å². The Labute approximate surface area is 152 Å². The Morgan fingerprint density at radius 3 is 2.73 bits per heavy atom. The second-order valence-corrected chi connectivity index (χ2v) is 6.14. The van der Waals surface area contributed by atoms with Crippen molar-refractivity contribution in [1.82, 2.24) is 5.32 Å². The first-order chi connectivity index (χ1) is 12.7. The van der Waals surface area contributed by atoms with Crippen LogP contribution in [0.5, 0.6) is 5.75 Å². The fourth-order valence-corrected chi connectivity index (χ4v) is 2.70. The minimum absolute atomic E-state index is 0.120.